The number of hydrogen-bond donors (Lipinski definition) is 1. The summed E-state index contributed by atoms with van der Waals surface area (Å²) >= 11 is 3.52. The van der Waals surface area contributed by atoms with Gasteiger partial charge in [-0.25, -0.2) is 4.98 Å². The van der Waals surface area contributed by atoms with Gasteiger partial charge in [-0.1, -0.05) is 45.8 Å². The number of nitrogen functional groups attached to an aromatic ring is 1. The lowest BCUT2D eigenvalue weighted by molar-refractivity contribution is -0.109. The second kappa shape index (κ2) is 4.90. The maximum Gasteiger partial charge on any atom is 0.145 e. The minimum atomic E-state index is -0.879. The molecule has 2 N–H and O–H groups in total. The van der Waals surface area contributed by atoms with E-state index in [2.05, 4.69) is 20.9 Å². The first-order valence-corrected chi connectivity index (χ1v) is 6.30. The number of carbonyl (C=O) groups is 1. The predicted octanol–water partition coefficient (Wildman–Crippen LogP) is 2.81. The second-order valence-electron chi connectivity index (χ2n) is 4.17. The van der Waals surface area contributed by atoms with E-state index in [1.165, 1.54) is 0 Å². The highest BCUT2D eigenvalue weighted by molar-refractivity contribution is 9.10. The molecule has 1 heterocycles. The van der Waals surface area contributed by atoms with Crippen molar-refractivity contribution in [3.8, 4) is 0 Å². The van der Waals surface area contributed by atoms with Crippen LogP contribution in [-0.4, -0.2) is 11.3 Å². The zero-order valence-electron chi connectivity index (χ0n) is 9.93. The largest absolute Gasteiger partial charge is 0.384 e. The zero-order chi connectivity index (χ0) is 13.2. The van der Waals surface area contributed by atoms with E-state index in [0.29, 0.717) is 5.82 Å². The first-order chi connectivity index (χ1) is 8.56. The van der Waals surface area contributed by atoms with Crippen molar-refractivity contribution in [3.63, 3.8) is 0 Å². The highest BCUT2D eigenvalue weighted by atomic mass is 79.9. The maximum absolute atomic E-state index is 11.5. The van der Waals surface area contributed by atoms with Crippen LogP contribution in [0.2, 0.25) is 0 Å². The summed E-state index contributed by atoms with van der Waals surface area (Å²) in [5.74, 6) is 0.394. The van der Waals surface area contributed by atoms with Gasteiger partial charge in [-0.05, 0) is 30.2 Å². The number of pyridine rings is 1. The van der Waals surface area contributed by atoms with Crippen molar-refractivity contribution < 1.29 is 4.79 Å². The minimum absolute atomic E-state index is 0.394. The number of benzene rings is 1. The van der Waals surface area contributed by atoms with Crippen LogP contribution in [0, 0.1) is 6.92 Å². The topological polar surface area (TPSA) is 56.0 Å². The molecule has 0 amide bonds. The van der Waals surface area contributed by atoms with E-state index < -0.39 is 4.32 Å². The molecule has 4 heteroatoms. The van der Waals surface area contributed by atoms with Crippen molar-refractivity contribution >= 4 is 28.0 Å². The van der Waals surface area contributed by atoms with Crippen LogP contribution in [0.15, 0.2) is 42.6 Å². The van der Waals surface area contributed by atoms with Crippen LogP contribution in [0.4, 0.5) is 5.82 Å². The Hall–Kier alpha value is -1.68. The molecule has 1 aromatic carbocycles. The summed E-state index contributed by atoms with van der Waals surface area (Å²) < 4.78 is -0.879. The quantitative estimate of drug-likeness (QED) is 0.701. The first kappa shape index (κ1) is 12.8. The van der Waals surface area contributed by atoms with Gasteiger partial charge in [0.2, 0.25) is 0 Å². The van der Waals surface area contributed by atoms with Gasteiger partial charge in [-0.2, -0.15) is 0 Å². The van der Waals surface area contributed by atoms with Crippen molar-refractivity contribution in [1.82, 2.24) is 4.98 Å². The van der Waals surface area contributed by atoms with Gasteiger partial charge in [0.15, 0.2) is 0 Å². The Morgan fingerprint density at radius 3 is 2.61 bits per heavy atom. The molecule has 0 spiro atoms. The number of carbonyl (C=O) groups excluding carboxylic acids is 1. The van der Waals surface area contributed by atoms with Crippen molar-refractivity contribution in [2.24, 2.45) is 0 Å². The van der Waals surface area contributed by atoms with Gasteiger partial charge in [0.1, 0.15) is 16.4 Å². The van der Waals surface area contributed by atoms with E-state index in [1.807, 2.05) is 31.2 Å². The molecule has 92 valence electrons. The number of aldehydes is 1. The van der Waals surface area contributed by atoms with Gasteiger partial charge in [-0.15, -0.1) is 0 Å². The molecule has 1 unspecified atom stereocenters. The lowest BCUT2D eigenvalue weighted by Gasteiger charge is -2.22. The Labute approximate surface area is 114 Å². The highest BCUT2D eigenvalue weighted by Crippen LogP contribution is 2.37. The Morgan fingerprint density at radius 1 is 1.28 bits per heavy atom. The molecule has 0 radical (unpaired) electrons. The van der Waals surface area contributed by atoms with E-state index in [1.54, 1.807) is 18.3 Å². The highest BCUT2D eigenvalue weighted by Gasteiger charge is 2.31. The Balaban J connectivity index is 2.58. The van der Waals surface area contributed by atoms with E-state index in [9.17, 15) is 4.79 Å². The van der Waals surface area contributed by atoms with Gasteiger partial charge in [0.25, 0.3) is 0 Å². The molecular formula is C14H13BrN2O. The molecule has 18 heavy (non-hydrogen) atoms. The number of nitrogens with zero attached hydrogens (tertiary/aromatic N) is 1. The van der Waals surface area contributed by atoms with E-state index in [-0.39, 0.29) is 0 Å². The van der Waals surface area contributed by atoms with Crippen LogP contribution >= 0.6 is 15.9 Å². The fraction of sp³-hybridized carbons (Fsp3) is 0.143. The molecule has 0 saturated carbocycles. The Bertz CT molecular complexity index is 538. The number of nitrogens with two attached hydrogens (primary N) is 1. The maximum atomic E-state index is 11.5. The number of alkyl halides is 1. The van der Waals surface area contributed by atoms with Gasteiger partial charge in [0, 0.05) is 6.20 Å². The molecule has 2 aromatic rings. The number of anilines is 1. The lowest BCUT2D eigenvalue weighted by atomic mass is 9.92. The molecule has 0 saturated heterocycles. The number of aryl methyl sites for hydroxylation is 1. The second-order valence-corrected chi connectivity index (χ2v) is 5.42. The van der Waals surface area contributed by atoms with Crippen LogP contribution < -0.4 is 5.73 Å². The smallest absolute Gasteiger partial charge is 0.145 e. The third kappa shape index (κ3) is 2.29. The van der Waals surface area contributed by atoms with Crippen LogP contribution in [0.3, 0.4) is 0 Å². The molecular weight excluding hydrogens is 292 g/mol. The summed E-state index contributed by atoms with van der Waals surface area (Å²) in [6.07, 6.45) is 2.47. The molecule has 0 fully saturated rings. The van der Waals surface area contributed by atoms with Crippen LogP contribution in [0.1, 0.15) is 16.7 Å². The molecule has 1 aromatic heterocycles. The number of aromatic nitrogens is 1. The third-order valence-corrected chi connectivity index (χ3v) is 3.90. The van der Waals surface area contributed by atoms with Crippen molar-refractivity contribution in [2.45, 2.75) is 11.2 Å². The third-order valence-electron chi connectivity index (χ3n) is 2.80. The number of hydrogen-bond acceptors (Lipinski definition) is 3. The molecule has 0 aliphatic heterocycles. The standard InChI is InChI=1S/C14H13BrN2O/c1-10-3-2-4-11(7-10)14(15,9-18)12-5-6-17-13(16)8-12/h2-9H,1H3,(H2,16,17). The monoisotopic (exact) mass is 304 g/mol. The lowest BCUT2D eigenvalue weighted by Crippen LogP contribution is -2.22. The molecule has 0 bridgehead atoms. The van der Waals surface area contributed by atoms with Crippen molar-refractivity contribution in [3.05, 3.63) is 59.3 Å². The van der Waals surface area contributed by atoms with E-state index in [4.69, 9.17) is 5.73 Å². The summed E-state index contributed by atoms with van der Waals surface area (Å²) in [6.45, 7) is 1.99. The van der Waals surface area contributed by atoms with Crippen LogP contribution in [0.25, 0.3) is 0 Å². The fourth-order valence-corrected chi connectivity index (χ4v) is 2.34. The van der Waals surface area contributed by atoms with Gasteiger partial charge < -0.3 is 10.5 Å². The number of halogens is 1. The normalized spacial score (nSPS) is 13.9. The van der Waals surface area contributed by atoms with E-state index >= 15 is 0 Å². The molecule has 2 rings (SSSR count). The molecule has 0 aliphatic carbocycles. The molecule has 1 atom stereocenters. The van der Waals surface area contributed by atoms with Gasteiger partial charge in [-0.3, -0.25) is 0 Å². The van der Waals surface area contributed by atoms with Crippen molar-refractivity contribution in [2.75, 3.05) is 5.73 Å². The van der Waals surface area contributed by atoms with Gasteiger partial charge >= 0.3 is 0 Å². The summed E-state index contributed by atoms with van der Waals surface area (Å²) in [6, 6.07) is 11.3. The Morgan fingerprint density at radius 2 is 2.00 bits per heavy atom. The average Bonchev–Trinajstić information content (AvgIpc) is 2.38. The SMILES string of the molecule is Cc1cccc(C(Br)(C=O)c2ccnc(N)c2)c1. The fourth-order valence-electron chi connectivity index (χ4n) is 1.85. The summed E-state index contributed by atoms with van der Waals surface area (Å²) in [5.41, 5.74) is 8.42. The minimum Gasteiger partial charge on any atom is -0.384 e. The predicted molar refractivity (Wildman–Crippen MR) is 75.6 cm³/mol. The molecule has 3 nitrogen and oxygen atoms in total. The molecule has 0 aliphatic rings. The van der Waals surface area contributed by atoms with Crippen molar-refractivity contribution in [1.29, 1.82) is 0 Å². The summed E-state index contributed by atoms with van der Waals surface area (Å²) in [4.78, 5) is 15.5. The zero-order valence-corrected chi connectivity index (χ0v) is 11.5. The first-order valence-electron chi connectivity index (χ1n) is 5.50. The van der Waals surface area contributed by atoms with Crippen LogP contribution in [-0.2, 0) is 9.12 Å². The van der Waals surface area contributed by atoms with E-state index in [0.717, 1.165) is 23.0 Å². The van der Waals surface area contributed by atoms with Gasteiger partial charge in [0.05, 0.1) is 0 Å². The summed E-state index contributed by atoms with van der Waals surface area (Å²) in [5, 5.41) is 0. The van der Waals surface area contributed by atoms with Crippen LogP contribution in [0.5, 0.6) is 0 Å². The summed E-state index contributed by atoms with van der Waals surface area (Å²) in [7, 11) is 0. The Kier molecular flexibility index (Phi) is 3.48. The average molecular weight is 305 g/mol. The number of rotatable bonds is 3.